The predicted octanol–water partition coefficient (Wildman–Crippen LogP) is 0.619. The molecule has 1 heterocycles. The fourth-order valence-corrected chi connectivity index (χ4v) is 2.23. The molecule has 1 saturated heterocycles. The molecular formula is C13H23N3O2. The topological polar surface area (TPSA) is 65.4 Å². The molecule has 0 spiro atoms. The summed E-state index contributed by atoms with van der Waals surface area (Å²) in [7, 11) is 1.85. The van der Waals surface area contributed by atoms with Crippen molar-refractivity contribution in [3.05, 3.63) is 0 Å². The highest BCUT2D eigenvalue weighted by Gasteiger charge is 2.35. The Labute approximate surface area is 109 Å². The SMILES string of the molecule is CNC1COCC1C(=O)N(CCC#N)CC(C)C. The van der Waals surface area contributed by atoms with Crippen molar-refractivity contribution < 1.29 is 9.53 Å². The van der Waals surface area contributed by atoms with E-state index in [1.54, 1.807) is 4.90 Å². The monoisotopic (exact) mass is 253 g/mol. The van der Waals surface area contributed by atoms with Crippen LogP contribution in [0, 0.1) is 23.2 Å². The number of rotatable bonds is 6. The quantitative estimate of drug-likeness (QED) is 0.753. The van der Waals surface area contributed by atoms with Gasteiger partial charge in [-0.3, -0.25) is 4.79 Å². The molecule has 1 amide bonds. The minimum absolute atomic E-state index is 0.0919. The molecule has 0 aliphatic carbocycles. The van der Waals surface area contributed by atoms with Crippen LogP contribution in [-0.4, -0.2) is 50.2 Å². The summed E-state index contributed by atoms with van der Waals surface area (Å²) in [6, 6.07) is 2.19. The largest absolute Gasteiger partial charge is 0.379 e. The lowest BCUT2D eigenvalue weighted by molar-refractivity contribution is -0.136. The number of carbonyl (C=O) groups excluding carboxylic acids is 1. The van der Waals surface area contributed by atoms with E-state index in [0.29, 0.717) is 38.6 Å². The first-order valence-corrected chi connectivity index (χ1v) is 6.50. The molecule has 1 fully saturated rings. The lowest BCUT2D eigenvalue weighted by Crippen LogP contribution is -2.46. The van der Waals surface area contributed by atoms with Crippen molar-refractivity contribution in [2.75, 3.05) is 33.4 Å². The van der Waals surface area contributed by atoms with E-state index in [1.165, 1.54) is 0 Å². The van der Waals surface area contributed by atoms with E-state index in [1.807, 2.05) is 7.05 Å². The van der Waals surface area contributed by atoms with Gasteiger partial charge >= 0.3 is 0 Å². The Morgan fingerprint density at radius 2 is 2.28 bits per heavy atom. The summed E-state index contributed by atoms with van der Waals surface area (Å²) in [6.07, 6.45) is 0.385. The Kier molecular flexibility index (Phi) is 6.10. The van der Waals surface area contributed by atoms with Gasteiger partial charge in [0, 0.05) is 19.1 Å². The maximum Gasteiger partial charge on any atom is 0.229 e. The molecule has 1 aliphatic rings. The number of hydrogen-bond donors (Lipinski definition) is 1. The normalized spacial score (nSPS) is 23.1. The van der Waals surface area contributed by atoms with Crippen LogP contribution in [0.3, 0.4) is 0 Å². The zero-order valence-corrected chi connectivity index (χ0v) is 11.5. The Morgan fingerprint density at radius 3 is 2.83 bits per heavy atom. The molecule has 1 N–H and O–H groups in total. The highest BCUT2D eigenvalue weighted by atomic mass is 16.5. The van der Waals surface area contributed by atoms with Crippen LogP contribution in [-0.2, 0) is 9.53 Å². The molecule has 5 nitrogen and oxygen atoms in total. The first-order chi connectivity index (χ1) is 8.60. The molecule has 0 aromatic rings. The van der Waals surface area contributed by atoms with Crippen molar-refractivity contribution >= 4 is 5.91 Å². The highest BCUT2D eigenvalue weighted by molar-refractivity contribution is 5.80. The summed E-state index contributed by atoms with van der Waals surface area (Å²) in [5.74, 6) is 0.395. The summed E-state index contributed by atoms with van der Waals surface area (Å²) in [5.41, 5.74) is 0. The molecule has 2 unspecified atom stereocenters. The number of hydrogen-bond acceptors (Lipinski definition) is 4. The molecule has 18 heavy (non-hydrogen) atoms. The average molecular weight is 253 g/mol. The fraction of sp³-hybridized carbons (Fsp3) is 0.846. The third-order valence-corrected chi connectivity index (χ3v) is 3.16. The summed E-state index contributed by atoms with van der Waals surface area (Å²) in [6.45, 7) is 6.43. The van der Waals surface area contributed by atoms with Gasteiger partial charge in [-0.1, -0.05) is 13.8 Å². The standard InChI is InChI=1S/C13H23N3O2/c1-10(2)7-16(6-4-5-14)13(17)11-8-18-9-12(11)15-3/h10-12,15H,4,6-9H2,1-3H3. The van der Waals surface area contributed by atoms with Crippen LogP contribution >= 0.6 is 0 Å². The van der Waals surface area contributed by atoms with Crippen LogP contribution in [0.5, 0.6) is 0 Å². The van der Waals surface area contributed by atoms with E-state index >= 15 is 0 Å². The number of likely N-dealkylation sites (N-methyl/N-ethyl adjacent to an activating group) is 1. The van der Waals surface area contributed by atoms with Crippen LogP contribution < -0.4 is 5.32 Å². The third-order valence-electron chi connectivity index (χ3n) is 3.16. The van der Waals surface area contributed by atoms with Crippen molar-refractivity contribution in [3.8, 4) is 6.07 Å². The molecule has 0 saturated carbocycles. The van der Waals surface area contributed by atoms with Crippen LogP contribution in [0.2, 0.25) is 0 Å². The first kappa shape index (κ1) is 14.9. The second kappa shape index (κ2) is 7.34. The summed E-state index contributed by atoms with van der Waals surface area (Å²) in [5, 5.41) is 11.8. The zero-order valence-electron chi connectivity index (χ0n) is 11.5. The molecule has 102 valence electrons. The van der Waals surface area contributed by atoms with E-state index in [-0.39, 0.29) is 17.9 Å². The van der Waals surface area contributed by atoms with Crippen LogP contribution in [0.1, 0.15) is 20.3 Å². The molecule has 0 bridgehead atoms. The van der Waals surface area contributed by atoms with Crippen molar-refractivity contribution in [3.63, 3.8) is 0 Å². The maximum atomic E-state index is 12.5. The van der Waals surface area contributed by atoms with Gasteiger partial charge in [-0.05, 0) is 13.0 Å². The number of ether oxygens (including phenoxy) is 1. The zero-order chi connectivity index (χ0) is 13.5. The minimum Gasteiger partial charge on any atom is -0.379 e. The number of carbonyl (C=O) groups is 1. The molecule has 0 aromatic carbocycles. The Morgan fingerprint density at radius 1 is 1.56 bits per heavy atom. The maximum absolute atomic E-state index is 12.5. The van der Waals surface area contributed by atoms with Crippen LogP contribution in [0.15, 0.2) is 0 Å². The van der Waals surface area contributed by atoms with Gasteiger partial charge in [-0.15, -0.1) is 0 Å². The van der Waals surface area contributed by atoms with E-state index < -0.39 is 0 Å². The Balaban J connectivity index is 2.65. The van der Waals surface area contributed by atoms with Gasteiger partial charge in [-0.2, -0.15) is 5.26 Å². The summed E-state index contributed by atoms with van der Waals surface area (Å²) >= 11 is 0. The van der Waals surface area contributed by atoms with E-state index in [9.17, 15) is 4.79 Å². The number of amides is 1. The molecule has 5 heteroatoms. The van der Waals surface area contributed by atoms with Crippen molar-refractivity contribution in [1.82, 2.24) is 10.2 Å². The van der Waals surface area contributed by atoms with Crippen molar-refractivity contribution in [1.29, 1.82) is 5.26 Å². The summed E-state index contributed by atoms with van der Waals surface area (Å²) < 4.78 is 5.37. The van der Waals surface area contributed by atoms with E-state index in [2.05, 4.69) is 25.2 Å². The molecular weight excluding hydrogens is 230 g/mol. The fourth-order valence-electron chi connectivity index (χ4n) is 2.23. The molecule has 0 radical (unpaired) electrons. The number of nitrogens with zero attached hydrogens (tertiary/aromatic N) is 2. The average Bonchev–Trinajstić information content (AvgIpc) is 2.81. The number of nitrogens with one attached hydrogen (secondary N) is 1. The lowest BCUT2D eigenvalue weighted by atomic mass is 10.0. The number of nitriles is 1. The van der Waals surface area contributed by atoms with Gasteiger partial charge in [0.1, 0.15) is 0 Å². The minimum atomic E-state index is -0.118. The second-order valence-electron chi connectivity index (χ2n) is 5.13. The molecule has 0 aromatic heterocycles. The highest BCUT2D eigenvalue weighted by Crippen LogP contribution is 2.17. The smallest absolute Gasteiger partial charge is 0.229 e. The lowest BCUT2D eigenvalue weighted by Gasteiger charge is -2.28. The van der Waals surface area contributed by atoms with Gasteiger partial charge in [0.2, 0.25) is 5.91 Å². The van der Waals surface area contributed by atoms with Crippen LogP contribution in [0.25, 0.3) is 0 Å². The molecule has 2 atom stereocenters. The molecule has 1 aliphatic heterocycles. The predicted molar refractivity (Wildman–Crippen MR) is 68.8 cm³/mol. The third kappa shape index (κ3) is 3.97. The van der Waals surface area contributed by atoms with Gasteiger partial charge in [-0.25, -0.2) is 0 Å². The first-order valence-electron chi connectivity index (χ1n) is 6.50. The second-order valence-corrected chi connectivity index (χ2v) is 5.13. The van der Waals surface area contributed by atoms with Crippen molar-refractivity contribution in [2.24, 2.45) is 11.8 Å². The van der Waals surface area contributed by atoms with Gasteiger partial charge in [0.05, 0.1) is 31.6 Å². The molecule has 1 rings (SSSR count). The summed E-state index contributed by atoms with van der Waals surface area (Å²) in [4.78, 5) is 14.3. The van der Waals surface area contributed by atoms with E-state index in [0.717, 1.165) is 0 Å². The van der Waals surface area contributed by atoms with Crippen molar-refractivity contribution in [2.45, 2.75) is 26.3 Å². The van der Waals surface area contributed by atoms with Gasteiger partial charge in [0.25, 0.3) is 0 Å². The van der Waals surface area contributed by atoms with Crippen LogP contribution in [0.4, 0.5) is 0 Å². The van der Waals surface area contributed by atoms with E-state index in [4.69, 9.17) is 10.00 Å². The van der Waals surface area contributed by atoms with Gasteiger partial charge in [0.15, 0.2) is 0 Å². The van der Waals surface area contributed by atoms with Gasteiger partial charge < -0.3 is 15.0 Å². The Bertz CT molecular complexity index is 312. The Hall–Kier alpha value is -1.12.